The van der Waals surface area contributed by atoms with Gasteiger partial charge in [-0.1, -0.05) is 34.3 Å². The van der Waals surface area contributed by atoms with Crippen molar-refractivity contribution in [1.82, 2.24) is 25.4 Å². The number of nitrogens with one attached hydrogen (secondary N) is 1. The third-order valence-corrected chi connectivity index (χ3v) is 8.44. The normalized spacial score (nSPS) is 19.8. The largest absolute Gasteiger partial charge is 0.477 e. The molecular formula is C19H20N8O5S3. The molecule has 16 heteroatoms. The van der Waals surface area contributed by atoms with Crippen molar-refractivity contribution in [2.75, 3.05) is 24.3 Å². The Morgan fingerprint density at radius 3 is 2.86 bits per heavy atom. The molecule has 0 spiro atoms. The van der Waals surface area contributed by atoms with Crippen molar-refractivity contribution in [2.24, 2.45) is 10.9 Å². The maximum atomic E-state index is 12.9. The molecule has 13 nitrogen and oxygen atoms in total. The van der Waals surface area contributed by atoms with Crippen molar-refractivity contribution in [3.05, 3.63) is 40.2 Å². The number of anilines is 1. The number of carboxylic acids is 1. The van der Waals surface area contributed by atoms with Crippen LogP contribution < -0.4 is 16.8 Å². The van der Waals surface area contributed by atoms with E-state index in [-0.39, 0.29) is 29.5 Å². The molecule has 1 unspecified atom stereocenters. The second kappa shape index (κ2) is 10.6. The smallest absolute Gasteiger partial charge is 0.352 e. The summed E-state index contributed by atoms with van der Waals surface area (Å²) in [5.41, 5.74) is 11.8. The third kappa shape index (κ3) is 5.09. The first-order valence-corrected chi connectivity index (χ1v) is 12.9. The Morgan fingerprint density at radius 1 is 1.40 bits per heavy atom. The molecule has 0 aromatic carbocycles. The second-order valence-corrected chi connectivity index (χ2v) is 10.5. The predicted octanol–water partition coefficient (Wildman–Crippen LogP) is -0.145. The van der Waals surface area contributed by atoms with Crippen LogP contribution in [0.2, 0.25) is 0 Å². The topological polar surface area (TPSA) is 199 Å². The van der Waals surface area contributed by atoms with Crippen LogP contribution in [0.15, 0.2) is 39.0 Å². The molecule has 35 heavy (non-hydrogen) atoms. The molecule has 184 valence electrons. The number of fused-ring (bicyclic) bond motifs is 1. The summed E-state index contributed by atoms with van der Waals surface area (Å²) in [5, 5.41) is 24.2. The first kappa shape index (κ1) is 24.9. The molecule has 0 aliphatic carbocycles. The summed E-state index contributed by atoms with van der Waals surface area (Å²) in [4.78, 5) is 47.9. The molecule has 0 saturated carbocycles. The van der Waals surface area contributed by atoms with E-state index in [1.807, 2.05) is 0 Å². The number of oxime groups is 1. The number of carbonyl (C=O) groups is 3. The summed E-state index contributed by atoms with van der Waals surface area (Å²) in [6.45, 7) is 0.277. The van der Waals surface area contributed by atoms with Gasteiger partial charge in [0.1, 0.15) is 40.7 Å². The SMILES string of the molecule is CO/N=C(\C(=O)NC1C(=O)N2C(C(=O)O)=C(CSc3nnc(CN)s3)CS[C@H]12)c1cccc(N)n1. The Morgan fingerprint density at radius 2 is 2.20 bits per heavy atom. The van der Waals surface area contributed by atoms with Crippen LogP contribution >= 0.6 is 34.9 Å². The fourth-order valence-corrected chi connectivity index (χ4v) is 6.67. The molecule has 2 aromatic heterocycles. The molecule has 2 aliphatic rings. The van der Waals surface area contributed by atoms with Crippen LogP contribution in [-0.2, 0) is 25.8 Å². The molecule has 4 rings (SSSR count). The van der Waals surface area contributed by atoms with Crippen LogP contribution in [0.5, 0.6) is 0 Å². The fourth-order valence-electron chi connectivity index (χ4n) is 3.41. The number of nitrogen functional groups attached to an aromatic ring is 1. The first-order chi connectivity index (χ1) is 16.8. The van der Waals surface area contributed by atoms with Crippen molar-refractivity contribution in [2.45, 2.75) is 22.3 Å². The van der Waals surface area contributed by atoms with Crippen LogP contribution in [0.25, 0.3) is 0 Å². The van der Waals surface area contributed by atoms with Gasteiger partial charge >= 0.3 is 5.97 Å². The zero-order valence-electron chi connectivity index (χ0n) is 18.2. The van der Waals surface area contributed by atoms with Gasteiger partial charge in [0.25, 0.3) is 11.8 Å². The molecule has 4 heterocycles. The lowest BCUT2D eigenvalue weighted by Crippen LogP contribution is -2.71. The highest BCUT2D eigenvalue weighted by molar-refractivity contribution is 8.01. The highest BCUT2D eigenvalue weighted by Crippen LogP contribution is 2.41. The number of carboxylic acid groups (broad SMARTS) is 1. The minimum atomic E-state index is -1.21. The van der Waals surface area contributed by atoms with Crippen LogP contribution in [0.3, 0.4) is 0 Å². The zero-order valence-corrected chi connectivity index (χ0v) is 20.7. The number of rotatable bonds is 9. The predicted molar refractivity (Wildman–Crippen MR) is 130 cm³/mol. The number of nitrogens with two attached hydrogens (primary N) is 2. The van der Waals surface area contributed by atoms with Gasteiger partial charge in [-0.3, -0.25) is 14.5 Å². The lowest BCUT2D eigenvalue weighted by Gasteiger charge is -2.49. The number of nitrogens with zero attached hydrogens (tertiary/aromatic N) is 5. The Labute approximate surface area is 211 Å². The minimum Gasteiger partial charge on any atom is -0.477 e. The molecule has 1 saturated heterocycles. The molecule has 2 aromatic rings. The number of aliphatic carboxylic acids is 1. The number of pyridine rings is 1. The van der Waals surface area contributed by atoms with Gasteiger partial charge in [0.05, 0.1) is 0 Å². The van der Waals surface area contributed by atoms with E-state index in [0.717, 1.165) is 0 Å². The second-order valence-electron chi connectivity index (χ2n) is 7.14. The van der Waals surface area contributed by atoms with Gasteiger partial charge in [-0.05, 0) is 17.7 Å². The quantitative estimate of drug-likeness (QED) is 0.143. The summed E-state index contributed by atoms with van der Waals surface area (Å²) in [6, 6.07) is 3.75. The number of thioether (sulfide) groups is 2. The molecule has 0 bridgehead atoms. The average molecular weight is 537 g/mol. The number of β-lactam (4-membered cyclic amide) rings is 1. The zero-order chi connectivity index (χ0) is 25.1. The summed E-state index contributed by atoms with van der Waals surface area (Å²) in [5.74, 6) is -1.57. The molecule has 0 radical (unpaired) electrons. The van der Waals surface area contributed by atoms with E-state index in [4.69, 9.17) is 16.3 Å². The van der Waals surface area contributed by atoms with Gasteiger partial charge in [-0.25, -0.2) is 9.78 Å². The summed E-state index contributed by atoms with van der Waals surface area (Å²) < 4.78 is 0.662. The average Bonchev–Trinajstić information content (AvgIpc) is 3.31. The summed E-state index contributed by atoms with van der Waals surface area (Å²) in [7, 11) is 1.27. The maximum absolute atomic E-state index is 12.9. The molecule has 2 amide bonds. The van der Waals surface area contributed by atoms with E-state index < -0.39 is 29.2 Å². The van der Waals surface area contributed by atoms with Gasteiger partial charge < -0.3 is 26.7 Å². The van der Waals surface area contributed by atoms with Crippen molar-refractivity contribution in [3.63, 3.8) is 0 Å². The fraction of sp³-hybridized carbons (Fsp3) is 0.316. The number of hydrogen-bond donors (Lipinski definition) is 4. The first-order valence-electron chi connectivity index (χ1n) is 10.0. The van der Waals surface area contributed by atoms with Crippen molar-refractivity contribution < 1.29 is 24.3 Å². The Balaban J connectivity index is 1.48. The van der Waals surface area contributed by atoms with E-state index in [0.29, 0.717) is 26.4 Å². The number of aromatic nitrogens is 3. The molecule has 2 aliphatic heterocycles. The standard InChI is InChI=1S/C19H20N8O5S3/c1-32-26-12(9-3-2-4-10(21)22-9)15(28)23-13-16(29)27-14(18(30)31)8(6-33-17(13)27)7-34-19-25-24-11(5-20)35-19/h2-4,13,17H,5-7,20H2,1H3,(H2,21,22)(H,23,28)(H,30,31)/b26-12-/t13?,17-/m1/s1. The summed E-state index contributed by atoms with van der Waals surface area (Å²) >= 11 is 4.03. The monoisotopic (exact) mass is 536 g/mol. The lowest BCUT2D eigenvalue weighted by molar-refractivity contribution is -0.150. The Bertz CT molecular complexity index is 1230. The van der Waals surface area contributed by atoms with Gasteiger partial charge in [-0.15, -0.1) is 22.0 Å². The summed E-state index contributed by atoms with van der Waals surface area (Å²) in [6.07, 6.45) is 0. The van der Waals surface area contributed by atoms with E-state index in [1.54, 1.807) is 12.1 Å². The van der Waals surface area contributed by atoms with Crippen LogP contribution in [-0.4, -0.2) is 78.7 Å². The van der Waals surface area contributed by atoms with Crippen LogP contribution in [0, 0.1) is 0 Å². The third-order valence-electron chi connectivity index (χ3n) is 4.94. The molecule has 2 atom stereocenters. The number of carbonyl (C=O) groups excluding carboxylic acids is 2. The Hall–Kier alpha value is -3.21. The van der Waals surface area contributed by atoms with Gasteiger partial charge in [0.2, 0.25) is 0 Å². The molecule has 6 N–H and O–H groups in total. The van der Waals surface area contributed by atoms with E-state index >= 15 is 0 Å². The van der Waals surface area contributed by atoms with E-state index in [1.165, 1.54) is 52.9 Å². The van der Waals surface area contributed by atoms with Crippen molar-refractivity contribution in [3.8, 4) is 0 Å². The molecular weight excluding hydrogens is 516 g/mol. The highest BCUT2D eigenvalue weighted by Gasteiger charge is 2.54. The van der Waals surface area contributed by atoms with Crippen LogP contribution in [0.1, 0.15) is 10.7 Å². The molecule has 1 fully saturated rings. The number of amides is 2. The van der Waals surface area contributed by atoms with Gasteiger partial charge in [-0.2, -0.15) is 0 Å². The van der Waals surface area contributed by atoms with Crippen LogP contribution in [0.4, 0.5) is 5.82 Å². The van der Waals surface area contributed by atoms with Crippen molar-refractivity contribution >= 4 is 64.2 Å². The highest BCUT2D eigenvalue weighted by atomic mass is 32.2. The van der Waals surface area contributed by atoms with Crippen molar-refractivity contribution in [1.29, 1.82) is 0 Å². The van der Waals surface area contributed by atoms with E-state index in [9.17, 15) is 19.5 Å². The van der Waals surface area contributed by atoms with Gasteiger partial charge in [0, 0.05) is 18.1 Å². The number of hydrogen-bond acceptors (Lipinski definition) is 13. The maximum Gasteiger partial charge on any atom is 0.352 e. The van der Waals surface area contributed by atoms with E-state index in [2.05, 4.69) is 25.7 Å². The lowest BCUT2D eigenvalue weighted by atomic mass is 10.0. The minimum absolute atomic E-state index is 0.0800. The van der Waals surface area contributed by atoms with Gasteiger partial charge in [0.15, 0.2) is 10.1 Å². The Kier molecular flexibility index (Phi) is 7.54.